The Morgan fingerprint density at radius 2 is 1.59 bits per heavy atom. The summed E-state index contributed by atoms with van der Waals surface area (Å²) in [6.45, 7) is 9.70. The average Bonchev–Trinajstić information content (AvgIpc) is 3.22. The number of hydrogen-bond donors (Lipinski definition) is 0. The summed E-state index contributed by atoms with van der Waals surface area (Å²) in [4.78, 5) is 12.6. The Labute approximate surface area is 188 Å². The average molecular weight is 455 g/mol. The van der Waals surface area contributed by atoms with Crippen molar-refractivity contribution < 1.29 is 27.3 Å². The van der Waals surface area contributed by atoms with Gasteiger partial charge in [0, 0.05) is 11.6 Å². The molecule has 1 aliphatic rings. The van der Waals surface area contributed by atoms with Gasteiger partial charge in [-0.25, -0.2) is 17.2 Å². The Morgan fingerprint density at radius 3 is 2.16 bits per heavy atom. The molecule has 1 aliphatic heterocycles. The predicted octanol–water partition coefficient (Wildman–Crippen LogP) is 3.27. The third-order valence-electron chi connectivity index (χ3n) is 6.30. The quantitative estimate of drug-likeness (QED) is 0.444. The molecule has 2 aromatic carbocycles. The van der Waals surface area contributed by atoms with Gasteiger partial charge < -0.3 is 14.0 Å². The lowest BCUT2D eigenvalue weighted by Crippen LogP contribution is -2.41. The van der Waals surface area contributed by atoms with E-state index >= 15 is 0 Å². The lowest BCUT2D eigenvalue weighted by molar-refractivity contribution is 0.00578. The fourth-order valence-electron chi connectivity index (χ4n) is 3.64. The number of rotatable bonds is 4. The second kappa shape index (κ2) is 7.47. The molecule has 0 bridgehead atoms. The zero-order valence-electron chi connectivity index (χ0n) is 19.0. The van der Waals surface area contributed by atoms with E-state index in [0.717, 1.165) is 9.54 Å². The highest BCUT2D eigenvalue weighted by Gasteiger charge is 2.51. The van der Waals surface area contributed by atoms with Crippen molar-refractivity contribution in [2.45, 2.75) is 50.7 Å². The molecule has 0 N–H and O–H groups in total. The van der Waals surface area contributed by atoms with Gasteiger partial charge in [0.2, 0.25) is 0 Å². The number of aromatic nitrogens is 1. The third-order valence-corrected chi connectivity index (χ3v) is 7.99. The Bertz CT molecular complexity index is 1290. The maximum atomic E-state index is 13.4. The van der Waals surface area contributed by atoms with Crippen LogP contribution in [0.25, 0.3) is 10.9 Å². The number of esters is 1. The largest absolute Gasteiger partial charge is 0.494 e. The van der Waals surface area contributed by atoms with E-state index in [-0.39, 0.29) is 10.5 Å². The first-order chi connectivity index (χ1) is 14.9. The van der Waals surface area contributed by atoms with E-state index in [1.165, 1.54) is 13.3 Å². The second-order valence-electron chi connectivity index (χ2n) is 9.01. The monoisotopic (exact) mass is 455 g/mol. The minimum absolute atomic E-state index is 0.131. The first-order valence-corrected chi connectivity index (χ1v) is 11.7. The summed E-state index contributed by atoms with van der Waals surface area (Å²) < 4.78 is 45.0. The van der Waals surface area contributed by atoms with Crippen LogP contribution in [-0.2, 0) is 24.1 Å². The number of carbonyl (C=O) groups is 1. The molecular weight excluding hydrogens is 429 g/mol. The molecule has 1 aromatic heterocycles. The highest BCUT2D eigenvalue weighted by Crippen LogP contribution is 2.37. The molecule has 1 saturated heterocycles. The molecule has 4 rings (SSSR count). The van der Waals surface area contributed by atoms with Gasteiger partial charge in [-0.3, -0.25) is 0 Å². The highest BCUT2D eigenvalue weighted by molar-refractivity contribution is 7.90. The topological polar surface area (TPSA) is 83.8 Å². The van der Waals surface area contributed by atoms with Crippen LogP contribution < -0.4 is 5.46 Å². The van der Waals surface area contributed by atoms with Crippen LogP contribution >= 0.6 is 0 Å². The van der Waals surface area contributed by atoms with Crippen molar-refractivity contribution in [2.75, 3.05) is 7.11 Å². The van der Waals surface area contributed by atoms with Crippen LogP contribution in [0.3, 0.4) is 0 Å². The van der Waals surface area contributed by atoms with E-state index in [4.69, 9.17) is 14.0 Å². The summed E-state index contributed by atoms with van der Waals surface area (Å²) in [5.74, 6) is -0.626. The minimum atomic E-state index is -3.93. The van der Waals surface area contributed by atoms with Crippen LogP contribution in [-0.4, -0.2) is 43.8 Å². The number of nitrogens with zero attached hydrogens (tertiary/aromatic N) is 1. The number of ether oxygens (including phenoxy) is 1. The summed E-state index contributed by atoms with van der Waals surface area (Å²) in [6.07, 6.45) is 1.31. The van der Waals surface area contributed by atoms with E-state index in [1.807, 2.05) is 34.6 Å². The summed E-state index contributed by atoms with van der Waals surface area (Å²) in [6, 6.07) is 11.7. The van der Waals surface area contributed by atoms with E-state index in [1.54, 1.807) is 42.5 Å². The molecule has 2 heterocycles. The number of aryl methyl sites for hydroxylation is 1. The van der Waals surface area contributed by atoms with Gasteiger partial charge >= 0.3 is 13.1 Å². The van der Waals surface area contributed by atoms with Gasteiger partial charge in [-0.05, 0) is 58.3 Å². The third kappa shape index (κ3) is 3.54. The fraction of sp³-hybridized carbons (Fsp3) is 0.348. The van der Waals surface area contributed by atoms with Crippen molar-refractivity contribution in [1.29, 1.82) is 0 Å². The fourth-order valence-corrected chi connectivity index (χ4v) is 5.01. The Balaban J connectivity index is 1.87. The molecule has 7 nitrogen and oxygen atoms in total. The lowest BCUT2D eigenvalue weighted by Gasteiger charge is -2.32. The molecule has 0 radical (unpaired) electrons. The van der Waals surface area contributed by atoms with Crippen molar-refractivity contribution in [3.05, 3.63) is 59.8 Å². The molecule has 1 fully saturated rings. The zero-order valence-corrected chi connectivity index (χ0v) is 19.8. The smallest absolute Gasteiger partial charge is 0.465 e. The molecule has 0 atom stereocenters. The number of carbonyl (C=O) groups excluding carboxylic acids is 1. The Hall–Kier alpha value is -2.62. The summed E-state index contributed by atoms with van der Waals surface area (Å²) >= 11 is 0. The molecule has 9 heteroatoms. The molecule has 0 saturated carbocycles. The summed E-state index contributed by atoms with van der Waals surface area (Å²) in [5.41, 5.74) is 1.09. The first-order valence-electron chi connectivity index (χ1n) is 10.3. The van der Waals surface area contributed by atoms with Gasteiger partial charge in [0.25, 0.3) is 10.0 Å². The summed E-state index contributed by atoms with van der Waals surface area (Å²) in [7, 11) is -3.31. The van der Waals surface area contributed by atoms with Gasteiger partial charge in [0.1, 0.15) is 0 Å². The predicted molar refractivity (Wildman–Crippen MR) is 123 cm³/mol. The molecule has 3 aromatic rings. The Morgan fingerprint density at radius 1 is 1.00 bits per heavy atom. The zero-order chi connectivity index (χ0) is 23.5. The first kappa shape index (κ1) is 22.6. The number of hydrogen-bond acceptors (Lipinski definition) is 6. The number of methoxy groups -OCH3 is 1. The van der Waals surface area contributed by atoms with Gasteiger partial charge in [0.15, 0.2) is 0 Å². The van der Waals surface area contributed by atoms with Crippen LogP contribution in [0.15, 0.2) is 53.6 Å². The van der Waals surface area contributed by atoms with Gasteiger partial charge in [-0.1, -0.05) is 29.8 Å². The maximum Gasteiger partial charge on any atom is 0.494 e. The van der Waals surface area contributed by atoms with Crippen molar-refractivity contribution in [1.82, 2.24) is 3.97 Å². The van der Waals surface area contributed by atoms with Crippen LogP contribution in [0.4, 0.5) is 0 Å². The lowest BCUT2D eigenvalue weighted by atomic mass is 9.78. The van der Waals surface area contributed by atoms with Gasteiger partial charge in [0.05, 0.1) is 34.3 Å². The van der Waals surface area contributed by atoms with Gasteiger partial charge in [-0.2, -0.15) is 0 Å². The molecule has 32 heavy (non-hydrogen) atoms. The van der Waals surface area contributed by atoms with Crippen molar-refractivity contribution in [3.63, 3.8) is 0 Å². The van der Waals surface area contributed by atoms with Crippen LogP contribution in [0, 0.1) is 6.92 Å². The van der Waals surface area contributed by atoms with E-state index in [9.17, 15) is 13.2 Å². The number of fused-ring (bicyclic) bond motifs is 1. The van der Waals surface area contributed by atoms with E-state index in [2.05, 4.69) is 0 Å². The van der Waals surface area contributed by atoms with Crippen LogP contribution in [0.5, 0.6) is 0 Å². The van der Waals surface area contributed by atoms with Gasteiger partial charge in [-0.15, -0.1) is 0 Å². The molecule has 0 spiro atoms. The standard InChI is InChI=1S/C23H26BNO6S/c1-15-7-10-17(11-8-15)32(27,28)25-14-19(21(26)29-6)18-13-16(9-12-20(18)25)24-30-22(2,3)23(4,5)31-24/h7-14H,1-6H3. The SMILES string of the molecule is COC(=O)c1cn(S(=O)(=O)c2ccc(C)cc2)c2ccc(B3OC(C)(C)C(C)(C)O3)cc12. The molecule has 0 unspecified atom stereocenters. The molecular formula is C23H26BNO6S. The van der Waals surface area contributed by atoms with Crippen molar-refractivity contribution >= 4 is 39.5 Å². The molecule has 0 aliphatic carbocycles. The molecule has 0 amide bonds. The maximum absolute atomic E-state index is 13.4. The summed E-state index contributed by atoms with van der Waals surface area (Å²) in [5, 5.41) is 0.444. The Kier molecular flexibility index (Phi) is 5.27. The van der Waals surface area contributed by atoms with Crippen molar-refractivity contribution in [3.8, 4) is 0 Å². The molecule has 168 valence electrons. The minimum Gasteiger partial charge on any atom is -0.465 e. The van der Waals surface area contributed by atoms with E-state index in [0.29, 0.717) is 16.4 Å². The van der Waals surface area contributed by atoms with Crippen LogP contribution in [0.1, 0.15) is 43.6 Å². The highest BCUT2D eigenvalue weighted by atomic mass is 32.2. The second-order valence-corrected chi connectivity index (χ2v) is 10.8. The normalized spacial score (nSPS) is 17.6. The van der Waals surface area contributed by atoms with E-state index < -0.39 is 34.3 Å². The number of benzene rings is 2. The van der Waals surface area contributed by atoms with Crippen LogP contribution in [0.2, 0.25) is 0 Å². The van der Waals surface area contributed by atoms with Crippen molar-refractivity contribution in [2.24, 2.45) is 0 Å².